The zero-order valence-corrected chi connectivity index (χ0v) is 15.4. The molecule has 0 atom stereocenters. The minimum Gasteiger partial charge on any atom is -0.374 e. The molecule has 1 aromatic carbocycles. The molecule has 0 spiro atoms. The second-order valence-electron chi connectivity index (χ2n) is 5.32. The quantitative estimate of drug-likeness (QED) is 0.405. The second kappa shape index (κ2) is 10.9. The summed E-state index contributed by atoms with van der Waals surface area (Å²) in [5.41, 5.74) is 0.699. The Bertz CT molecular complexity index is 420. The third-order valence-corrected chi connectivity index (χ3v) is 6.61. The summed E-state index contributed by atoms with van der Waals surface area (Å²) in [7, 11) is -2.56. The fourth-order valence-electron chi connectivity index (χ4n) is 2.60. The van der Waals surface area contributed by atoms with E-state index in [2.05, 4.69) is 0 Å². The Hall–Kier alpha value is -0.823. The molecular formula is C17H28F2O3Si. The van der Waals surface area contributed by atoms with Gasteiger partial charge in [0.1, 0.15) is 11.6 Å². The zero-order valence-electron chi connectivity index (χ0n) is 14.4. The molecular weight excluding hydrogens is 318 g/mol. The minimum absolute atomic E-state index is 0.518. The summed E-state index contributed by atoms with van der Waals surface area (Å²) >= 11 is 0. The fourth-order valence-corrected chi connectivity index (χ4v) is 5.29. The first-order chi connectivity index (χ1) is 11.0. The van der Waals surface area contributed by atoms with Crippen molar-refractivity contribution < 1.29 is 22.1 Å². The largest absolute Gasteiger partial charge is 0.500 e. The molecule has 0 amide bonds. The van der Waals surface area contributed by atoms with Gasteiger partial charge in [-0.25, -0.2) is 8.78 Å². The Morgan fingerprint density at radius 3 is 1.78 bits per heavy atom. The van der Waals surface area contributed by atoms with Crippen LogP contribution in [0.3, 0.4) is 0 Å². The van der Waals surface area contributed by atoms with Crippen molar-refractivity contribution in [1.29, 1.82) is 0 Å². The number of aryl methyl sites for hydroxylation is 1. The van der Waals surface area contributed by atoms with E-state index >= 15 is 0 Å². The molecule has 0 unspecified atom stereocenters. The summed E-state index contributed by atoms with van der Waals surface area (Å²) in [6, 6.07) is 4.46. The number of halogens is 2. The van der Waals surface area contributed by atoms with Crippen LogP contribution in [-0.4, -0.2) is 28.6 Å². The SMILES string of the molecule is CCO[Si](CCCCCc1cc(F)cc(F)c1)(OCC)OCC. The fraction of sp³-hybridized carbons (Fsp3) is 0.647. The van der Waals surface area contributed by atoms with Crippen LogP contribution in [0.1, 0.15) is 45.6 Å². The van der Waals surface area contributed by atoms with Gasteiger partial charge in [-0.3, -0.25) is 0 Å². The van der Waals surface area contributed by atoms with Crippen LogP contribution >= 0.6 is 0 Å². The van der Waals surface area contributed by atoms with E-state index in [9.17, 15) is 8.78 Å². The van der Waals surface area contributed by atoms with Crippen molar-refractivity contribution >= 4 is 8.80 Å². The molecule has 0 radical (unpaired) electrons. The molecule has 1 rings (SSSR count). The monoisotopic (exact) mass is 346 g/mol. The topological polar surface area (TPSA) is 27.7 Å². The molecule has 0 fully saturated rings. The Kier molecular flexibility index (Phi) is 9.55. The molecule has 23 heavy (non-hydrogen) atoms. The first-order valence-corrected chi connectivity index (χ1v) is 10.3. The van der Waals surface area contributed by atoms with E-state index in [1.165, 1.54) is 12.1 Å². The highest BCUT2D eigenvalue weighted by Crippen LogP contribution is 2.20. The van der Waals surface area contributed by atoms with Crippen LogP contribution in [0.4, 0.5) is 8.78 Å². The summed E-state index contributed by atoms with van der Waals surface area (Å²) in [6.45, 7) is 7.56. The van der Waals surface area contributed by atoms with Gasteiger partial charge in [0.05, 0.1) is 0 Å². The maximum atomic E-state index is 13.1. The van der Waals surface area contributed by atoms with Crippen LogP contribution in [0.5, 0.6) is 0 Å². The molecule has 0 N–H and O–H groups in total. The van der Waals surface area contributed by atoms with Gasteiger partial charge in [-0.1, -0.05) is 6.42 Å². The lowest BCUT2D eigenvalue weighted by Crippen LogP contribution is -2.45. The Labute approximate surface area is 139 Å². The molecule has 0 aliphatic heterocycles. The third-order valence-electron chi connectivity index (χ3n) is 3.46. The van der Waals surface area contributed by atoms with Crippen molar-refractivity contribution in [3.63, 3.8) is 0 Å². The van der Waals surface area contributed by atoms with Crippen LogP contribution in [0.2, 0.25) is 6.04 Å². The van der Waals surface area contributed by atoms with Gasteiger partial charge in [-0.2, -0.15) is 0 Å². The van der Waals surface area contributed by atoms with Crippen molar-refractivity contribution in [3.05, 3.63) is 35.4 Å². The molecule has 0 aliphatic carbocycles. The Morgan fingerprint density at radius 2 is 1.30 bits per heavy atom. The van der Waals surface area contributed by atoms with Crippen molar-refractivity contribution in [2.75, 3.05) is 19.8 Å². The minimum atomic E-state index is -2.56. The van der Waals surface area contributed by atoms with E-state index < -0.39 is 20.4 Å². The van der Waals surface area contributed by atoms with E-state index in [0.29, 0.717) is 31.8 Å². The van der Waals surface area contributed by atoms with Gasteiger partial charge in [0.2, 0.25) is 0 Å². The average molecular weight is 346 g/mol. The smallest absolute Gasteiger partial charge is 0.374 e. The highest BCUT2D eigenvalue weighted by Gasteiger charge is 2.39. The predicted molar refractivity (Wildman–Crippen MR) is 89.4 cm³/mol. The zero-order chi connectivity index (χ0) is 17.1. The second-order valence-corrected chi connectivity index (χ2v) is 8.05. The Balaban J connectivity index is 2.40. The summed E-state index contributed by atoms with van der Waals surface area (Å²) in [4.78, 5) is 0. The first kappa shape index (κ1) is 20.2. The van der Waals surface area contributed by atoms with Crippen molar-refractivity contribution in [2.24, 2.45) is 0 Å². The third kappa shape index (κ3) is 7.52. The lowest BCUT2D eigenvalue weighted by molar-refractivity contribution is 0.0706. The number of hydrogen-bond donors (Lipinski definition) is 0. The Morgan fingerprint density at radius 1 is 0.783 bits per heavy atom. The van der Waals surface area contributed by atoms with Crippen molar-refractivity contribution in [2.45, 2.75) is 52.5 Å². The normalized spacial score (nSPS) is 11.9. The number of benzene rings is 1. The van der Waals surface area contributed by atoms with E-state index in [0.717, 1.165) is 31.4 Å². The van der Waals surface area contributed by atoms with Crippen LogP contribution in [-0.2, 0) is 19.7 Å². The van der Waals surface area contributed by atoms with Gasteiger partial charge < -0.3 is 13.3 Å². The van der Waals surface area contributed by atoms with Crippen molar-refractivity contribution in [3.8, 4) is 0 Å². The van der Waals surface area contributed by atoms with Crippen LogP contribution < -0.4 is 0 Å². The van der Waals surface area contributed by atoms with Gasteiger partial charge in [-0.15, -0.1) is 0 Å². The molecule has 1 aromatic rings. The van der Waals surface area contributed by atoms with Gasteiger partial charge in [-0.05, 0) is 57.7 Å². The lowest BCUT2D eigenvalue weighted by atomic mass is 10.1. The predicted octanol–water partition coefficient (Wildman–Crippen LogP) is 4.73. The molecule has 0 aliphatic rings. The lowest BCUT2D eigenvalue weighted by Gasteiger charge is -2.28. The van der Waals surface area contributed by atoms with E-state index in [-0.39, 0.29) is 0 Å². The molecule has 0 saturated carbocycles. The van der Waals surface area contributed by atoms with E-state index in [4.69, 9.17) is 13.3 Å². The average Bonchev–Trinajstić information content (AvgIpc) is 2.47. The first-order valence-electron chi connectivity index (χ1n) is 8.42. The van der Waals surface area contributed by atoms with E-state index in [1.54, 1.807) is 0 Å². The van der Waals surface area contributed by atoms with Gasteiger partial charge in [0.25, 0.3) is 0 Å². The van der Waals surface area contributed by atoms with Crippen LogP contribution in [0, 0.1) is 11.6 Å². The summed E-state index contributed by atoms with van der Waals surface area (Å²) < 4.78 is 43.7. The summed E-state index contributed by atoms with van der Waals surface area (Å²) in [5, 5.41) is 0. The summed E-state index contributed by atoms with van der Waals surface area (Å²) in [6.07, 6.45) is 3.41. The molecule has 0 saturated heterocycles. The standard InChI is InChI=1S/C17H28F2O3Si/c1-4-20-23(21-5-2,22-6-3)11-9-7-8-10-15-12-16(18)14-17(19)13-15/h12-14H,4-11H2,1-3H3. The summed E-state index contributed by atoms with van der Waals surface area (Å²) in [5.74, 6) is -1.04. The number of hydrogen-bond acceptors (Lipinski definition) is 3. The molecule has 6 heteroatoms. The van der Waals surface area contributed by atoms with Crippen LogP contribution in [0.15, 0.2) is 18.2 Å². The molecule has 0 heterocycles. The van der Waals surface area contributed by atoms with E-state index in [1.807, 2.05) is 20.8 Å². The van der Waals surface area contributed by atoms with Gasteiger partial charge in [0, 0.05) is 31.9 Å². The molecule has 0 aromatic heterocycles. The highest BCUT2D eigenvalue weighted by molar-refractivity contribution is 6.60. The molecule has 132 valence electrons. The van der Waals surface area contributed by atoms with Gasteiger partial charge in [0.15, 0.2) is 0 Å². The number of rotatable bonds is 12. The molecule has 3 nitrogen and oxygen atoms in total. The maximum Gasteiger partial charge on any atom is 0.500 e. The van der Waals surface area contributed by atoms with Crippen molar-refractivity contribution in [1.82, 2.24) is 0 Å². The highest BCUT2D eigenvalue weighted by atomic mass is 28.4. The molecule has 0 bridgehead atoms. The number of unbranched alkanes of at least 4 members (excludes halogenated alkanes) is 2. The maximum absolute atomic E-state index is 13.1. The van der Waals surface area contributed by atoms with Gasteiger partial charge >= 0.3 is 8.80 Å². The van der Waals surface area contributed by atoms with Crippen LogP contribution in [0.25, 0.3) is 0 Å².